The van der Waals surface area contributed by atoms with Gasteiger partial charge in [-0.25, -0.2) is 4.39 Å². The van der Waals surface area contributed by atoms with Crippen molar-refractivity contribution in [1.29, 1.82) is 0 Å². The average molecular weight is 292 g/mol. The highest BCUT2D eigenvalue weighted by Gasteiger charge is 2.26. The summed E-state index contributed by atoms with van der Waals surface area (Å²) in [7, 11) is 0. The predicted octanol–water partition coefficient (Wildman–Crippen LogP) is 4.12. The molecule has 118 valence electrons. The van der Waals surface area contributed by atoms with Gasteiger partial charge in [-0.1, -0.05) is 32.8 Å². The largest absolute Gasteiger partial charge is 0.368 e. The van der Waals surface area contributed by atoms with Crippen molar-refractivity contribution in [3.8, 4) is 0 Å². The quantitative estimate of drug-likeness (QED) is 0.854. The van der Waals surface area contributed by atoms with Gasteiger partial charge in [-0.2, -0.15) is 0 Å². The fourth-order valence-electron chi connectivity index (χ4n) is 3.39. The summed E-state index contributed by atoms with van der Waals surface area (Å²) in [5.74, 6) is 0.452. The van der Waals surface area contributed by atoms with Crippen LogP contribution in [0.4, 0.5) is 10.1 Å². The molecule has 2 N–H and O–H groups in total. The van der Waals surface area contributed by atoms with Gasteiger partial charge >= 0.3 is 0 Å². The van der Waals surface area contributed by atoms with E-state index in [2.05, 4.69) is 24.8 Å². The molecule has 3 heteroatoms. The first-order valence-corrected chi connectivity index (χ1v) is 8.28. The van der Waals surface area contributed by atoms with Crippen molar-refractivity contribution >= 4 is 5.69 Å². The lowest BCUT2D eigenvalue weighted by atomic mass is 10.0. The highest BCUT2D eigenvalue weighted by molar-refractivity contribution is 5.55. The predicted molar refractivity (Wildman–Crippen MR) is 88.2 cm³/mol. The number of nitrogens with two attached hydrogens (primary N) is 1. The third kappa shape index (κ3) is 4.19. The summed E-state index contributed by atoms with van der Waals surface area (Å²) in [6.45, 7) is 7.39. The zero-order valence-corrected chi connectivity index (χ0v) is 13.6. The number of benzene rings is 1. The van der Waals surface area contributed by atoms with Gasteiger partial charge in [-0.3, -0.25) is 0 Å². The molecule has 1 aliphatic rings. The first-order chi connectivity index (χ1) is 9.99. The van der Waals surface area contributed by atoms with Gasteiger partial charge in [-0.15, -0.1) is 0 Å². The molecule has 0 radical (unpaired) electrons. The van der Waals surface area contributed by atoms with Gasteiger partial charge in [0.05, 0.1) is 0 Å². The number of nitrogens with zero attached hydrogens (tertiary/aromatic N) is 1. The van der Waals surface area contributed by atoms with Gasteiger partial charge in [-0.05, 0) is 44.2 Å². The van der Waals surface area contributed by atoms with E-state index < -0.39 is 0 Å². The standard InChI is InChI=1S/C18H29FN2/c1-13(2)12-21(15-7-4-5-8-15)18-10-6-9-17(19)16(18)11-14(3)20/h6,9-10,13-15H,4-5,7-8,11-12,20H2,1-3H3. The lowest BCUT2D eigenvalue weighted by Gasteiger charge is -2.34. The van der Waals surface area contributed by atoms with Crippen LogP contribution >= 0.6 is 0 Å². The number of hydrogen-bond donors (Lipinski definition) is 1. The van der Waals surface area contributed by atoms with E-state index in [4.69, 9.17) is 5.73 Å². The Kier molecular flexibility index (Phi) is 5.63. The Morgan fingerprint density at radius 2 is 1.90 bits per heavy atom. The van der Waals surface area contributed by atoms with Crippen LogP contribution in [-0.2, 0) is 6.42 Å². The first-order valence-electron chi connectivity index (χ1n) is 8.28. The summed E-state index contributed by atoms with van der Waals surface area (Å²) in [5.41, 5.74) is 7.79. The van der Waals surface area contributed by atoms with Crippen LogP contribution in [0.15, 0.2) is 18.2 Å². The van der Waals surface area contributed by atoms with Crippen molar-refractivity contribution < 1.29 is 4.39 Å². The molecular weight excluding hydrogens is 263 g/mol. The summed E-state index contributed by atoms with van der Waals surface area (Å²) in [4.78, 5) is 2.44. The van der Waals surface area contributed by atoms with Crippen molar-refractivity contribution in [3.63, 3.8) is 0 Å². The molecule has 21 heavy (non-hydrogen) atoms. The molecule has 1 saturated carbocycles. The van der Waals surface area contributed by atoms with E-state index in [1.165, 1.54) is 25.7 Å². The van der Waals surface area contributed by atoms with E-state index in [0.29, 0.717) is 18.4 Å². The third-order valence-corrected chi connectivity index (χ3v) is 4.26. The normalized spacial score (nSPS) is 17.4. The first kappa shape index (κ1) is 16.3. The van der Waals surface area contributed by atoms with Gasteiger partial charge < -0.3 is 10.6 Å². The second-order valence-electron chi connectivity index (χ2n) is 6.90. The van der Waals surface area contributed by atoms with Gasteiger partial charge in [0.2, 0.25) is 0 Å². The Labute approximate surface area is 128 Å². The van der Waals surface area contributed by atoms with Gasteiger partial charge in [0, 0.05) is 29.9 Å². The summed E-state index contributed by atoms with van der Waals surface area (Å²) >= 11 is 0. The minimum atomic E-state index is -0.114. The summed E-state index contributed by atoms with van der Waals surface area (Å²) in [5, 5.41) is 0. The fourth-order valence-corrected chi connectivity index (χ4v) is 3.39. The summed E-state index contributed by atoms with van der Waals surface area (Å²) in [6.07, 6.45) is 5.62. The van der Waals surface area contributed by atoms with Crippen LogP contribution in [0.5, 0.6) is 0 Å². The molecule has 0 aliphatic heterocycles. The Balaban J connectivity index is 2.35. The SMILES string of the molecule is CC(C)CN(c1cccc(F)c1CC(C)N)C1CCCC1. The van der Waals surface area contributed by atoms with E-state index in [9.17, 15) is 4.39 Å². The van der Waals surface area contributed by atoms with Crippen LogP contribution in [0, 0.1) is 11.7 Å². The second-order valence-corrected chi connectivity index (χ2v) is 6.90. The highest BCUT2D eigenvalue weighted by Crippen LogP contribution is 2.32. The van der Waals surface area contributed by atoms with E-state index >= 15 is 0 Å². The van der Waals surface area contributed by atoms with Crippen molar-refractivity contribution in [2.24, 2.45) is 11.7 Å². The molecule has 1 unspecified atom stereocenters. The molecule has 0 saturated heterocycles. The van der Waals surface area contributed by atoms with Crippen molar-refractivity contribution in [1.82, 2.24) is 0 Å². The zero-order chi connectivity index (χ0) is 15.4. The van der Waals surface area contributed by atoms with Crippen LogP contribution in [0.25, 0.3) is 0 Å². The topological polar surface area (TPSA) is 29.3 Å². The number of halogens is 1. The molecule has 1 aliphatic carbocycles. The molecule has 0 heterocycles. The molecule has 0 bridgehead atoms. The van der Waals surface area contributed by atoms with Gasteiger partial charge in [0.1, 0.15) is 5.82 Å². The Morgan fingerprint density at radius 3 is 2.48 bits per heavy atom. The highest BCUT2D eigenvalue weighted by atomic mass is 19.1. The average Bonchev–Trinajstić information content (AvgIpc) is 2.92. The molecule has 0 spiro atoms. The molecule has 0 amide bonds. The summed E-state index contributed by atoms with van der Waals surface area (Å²) < 4.78 is 14.3. The molecule has 1 fully saturated rings. The van der Waals surface area contributed by atoms with Crippen LogP contribution < -0.4 is 10.6 Å². The van der Waals surface area contributed by atoms with Crippen molar-refractivity contribution in [3.05, 3.63) is 29.6 Å². The molecule has 1 atom stereocenters. The van der Waals surface area contributed by atoms with Gasteiger partial charge in [0.15, 0.2) is 0 Å². The smallest absolute Gasteiger partial charge is 0.128 e. The second kappa shape index (κ2) is 7.26. The minimum Gasteiger partial charge on any atom is -0.368 e. The lowest BCUT2D eigenvalue weighted by molar-refractivity contribution is 0.528. The molecule has 2 nitrogen and oxygen atoms in total. The summed E-state index contributed by atoms with van der Waals surface area (Å²) in [6, 6.07) is 5.99. The van der Waals surface area contributed by atoms with Crippen LogP contribution in [-0.4, -0.2) is 18.6 Å². The maximum Gasteiger partial charge on any atom is 0.128 e. The fraction of sp³-hybridized carbons (Fsp3) is 0.667. The monoisotopic (exact) mass is 292 g/mol. The molecular formula is C18H29FN2. The van der Waals surface area contributed by atoms with Gasteiger partial charge in [0.25, 0.3) is 0 Å². The minimum absolute atomic E-state index is 0.0230. The molecule has 1 aromatic carbocycles. The maximum absolute atomic E-state index is 14.3. The molecule has 1 aromatic rings. The number of rotatable bonds is 6. The van der Waals surface area contributed by atoms with Crippen LogP contribution in [0.3, 0.4) is 0 Å². The Morgan fingerprint density at radius 1 is 1.24 bits per heavy atom. The van der Waals surface area contributed by atoms with Crippen LogP contribution in [0.1, 0.15) is 52.0 Å². The maximum atomic E-state index is 14.3. The van der Waals surface area contributed by atoms with Crippen molar-refractivity contribution in [2.75, 3.05) is 11.4 Å². The van der Waals surface area contributed by atoms with E-state index in [1.807, 2.05) is 13.0 Å². The number of hydrogen-bond acceptors (Lipinski definition) is 2. The Hall–Kier alpha value is -1.09. The van der Waals surface area contributed by atoms with E-state index in [-0.39, 0.29) is 11.9 Å². The lowest BCUT2D eigenvalue weighted by Crippen LogP contribution is -2.37. The zero-order valence-electron chi connectivity index (χ0n) is 13.6. The number of anilines is 1. The van der Waals surface area contributed by atoms with E-state index in [1.54, 1.807) is 6.07 Å². The Bertz CT molecular complexity index is 451. The molecule has 0 aromatic heterocycles. The third-order valence-electron chi connectivity index (χ3n) is 4.26. The molecule has 2 rings (SSSR count). The van der Waals surface area contributed by atoms with Crippen LogP contribution in [0.2, 0.25) is 0 Å². The van der Waals surface area contributed by atoms with E-state index in [0.717, 1.165) is 17.8 Å². The van der Waals surface area contributed by atoms with Crippen molar-refractivity contribution in [2.45, 2.75) is 65.0 Å².